The fraction of sp³-hybridized carbons (Fsp3) is 0.138. The molecule has 2 N–H and O–H groups in total. The Labute approximate surface area is 214 Å². The summed E-state index contributed by atoms with van der Waals surface area (Å²) in [6, 6.07) is 24.2. The molecule has 0 aliphatic rings. The summed E-state index contributed by atoms with van der Waals surface area (Å²) in [5.74, 6) is 1.20. The van der Waals surface area contributed by atoms with Crippen molar-refractivity contribution in [3.05, 3.63) is 101 Å². The third-order valence-corrected chi connectivity index (χ3v) is 6.11. The van der Waals surface area contributed by atoms with Crippen LogP contribution >= 0.6 is 0 Å². The molecule has 2 heterocycles. The minimum atomic E-state index is -0.227. The van der Waals surface area contributed by atoms with Gasteiger partial charge in [-0.15, -0.1) is 0 Å². The molecule has 184 valence electrons. The molecule has 0 radical (unpaired) electrons. The minimum absolute atomic E-state index is 0.227. The number of rotatable bonds is 8. The topological polar surface area (TPSA) is 108 Å². The third-order valence-electron chi connectivity index (χ3n) is 6.11. The monoisotopic (exact) mass is 491 g/mol. The average Bonchev–Trinajstić information content (AvgIpc) is 3.47. The van der Waals surface area contributed by atoms with Gasteiger partial charge in [0.1, 0.15) is 24.0 Å². The SMILES string of the molecule is CCOCn1c(C(=O)c2cnn(-c3ccc(Oc4cccc(C#N)c4)cc3C)c2N)cc2ccccc21. The van der Waals surface area contributed by atoms with Crippen molar-refractivity contribution in [3.8, 4) is 23.3 Å². The van der Waals surface area contributed by atoms with Crippen LogP contribution in [-0.2, 0) is 11.5 Å². The number of nitrogens with zero attached hydrogens (tertiary/aromatic N) is 4. The van der Waals surface area contributed by atoms with Crippen molar-refractivity contribution in [1.82, 2.24) is 14.3 Å². The number of ketones is 1. The summed E-state index contributed by atoms with van der Waals surface area (Å²) in [6.45, 7) is 4.62. The average molecular weight is 492 g/mol. The number of para-hydroxylation sites is 1. The van der Waals surface area contributed by atoms with Gasteiger partial charge in [-0.1, -0.05) is 24.3 Å². The molecule has 3 aromatic carbocycles. The predicted molar refractivity (Wildman–Crippen MR) is 141 cm³/mol. The molecule has 0 atom stereocenters. The summed E-state index contributed by atoms with van der Waals surface area (Å²) in [7, 11) is 0. The Balaban J connectivity index is 1.45. The Morgan fingerprint density at radius 3 is 2.65 bits per heavy atom. The smallest absolute Gasteiger partial charge is 0.214 e. The number of fused-ring (bicyclic) bond motifs is 1. The fourth-order valence-corrected chi connectivity index (χ4v) is 4.28. The number of nitriles is 1. The fourth-order valence-electron chi connectivity index (χ4n) is 4.28. The van der Waals surface area contributed by atoms with Crippen LogP contribution in [0.1, 0.15) is 34.1 Å². The van der Waals surface area contributed by atoms with Crippen molar-refractivity contribution in [2.24, 2.45) is 0 Å². The molecule has 0 aliphatic heterocycles. The minimum Gasteiger partial charge on any atom is -0.457 e. The van der Waals surface area contributed by atoms with Crippen LogP contribution in [0.25, 0.3) is 16.6 Å². The maximum absolute atomic E-state index is 13.6. The molecule has 0 bridgehead atoms. The lowest BCUT2D eigenvalue weighted by molar-refractivity contribution is 0.0847. The number of aromatic nitrogens is 3. The Morgan fingerprint density at radius 1 is 1.05 bits per heavy atom. The maximum atomic E-state index is 13.6. The van der Waals surface area contributed by atoms with Crippen LogP contribution < -0.4 is 10.5 Å². The van der Waals surface area contributed by atoms with Crippen molar-refractivity contribution >= 4 is 22.5 Å². The number of anilines is 1. The molecule has 5 aromatic rings. The zero-order valence-corrected chi connectivity index (χ0v) is 20.5. The van der Waals surface area contributed by atoms with Crippen LogP contribution in [0.3, 0.4) is 0 Å². The normalized spacial score (nSPS) is 10.9. The van der Waals surface area contributed by atoms with E-state index in [2.05, 4.69) is 11.2 Å². The maximum Gasteiger partial charge on any atom is 0.214 e. The van der Waals surface area contributed by atoms with Crippen molar-refractivity contribution < 1.29 is 14.3 Å². The van der Waals surface area contributed by atoms with E-state index in [0.717, 1.165) is 22.2 Å². The van der Waals surface area contributed by atoms with Crippen LogP contribution in [0.2, 0.25) is 0 Å². The lowest BCUT2D eigenvalue weighted by Gasteiger charge is -2.12. The Hall–Kier alpha value is -4.87. The first-order chi connectivity index (χ1) is 18.0. The molecule has 0 unspecified atom stereocenters. The highest BCUT2D eigenvalue weighted by Crippen LogP contribution is 2.29. The van der Waals surface area contributed by atoms with Crippen LogP contribution in [0.4, 0.5) is 5.82 Å². The molecule has 0 aliphatic carbocycles. The van der Waals surface area contributed by atoms with Gasteiger partial charge in [0.2, 0.25) is 5.78 Å². The van der Waals surface area contributed by atoms with Gasteiger partial charge in [-0.05, 0) is 67.9 Å². The van der Waals surface area contributed by atoms with Gasteiger partial charge in [0.25, 0.3) is 0 Å². The first kappa shape index (κ1) is 23.9. The number of carbonyl (C=O) groups excluding carboxylic acids is 1. The van der Waals surface area contributed by atoms with Crippen molar-refractivity contribution in [2.75, 3.05) is 12.3 Å². The summed E-state index contributed by atoms with van der Waals surface area (Å²) in [5.41, 5.74) is 10.3. The van der Waals surface area contributed by atoms with E-state index in [4.69, 9.17) is 20.5 Å². The number of nitrogen functional groups attached to an aromatic ring is 1. The number of benzene rings is 3. The van der Waals surface area contributed by atoms with Gasteiger partial charge < -0.3 is 19.8 Å². The van der Waals surface area contributed by atoms with Crippen molar-refractivity contribution in [1.29, 1.82) is 5.26 Å². The Kier molecular flexibility index (Phi) is 6.45. The molecule has 0 amide bonds. The number of ether oxygens (including phenoxy) is 2. The quantitative estimate of drug-likeness (QED) is 0.283. The standard InChI is InChI=1S/C29H25N5O3/c1-3-36-18-33-26-10-5-4-8-21(26)15-27(33)28(35)24-17-32-34(29(24)31)25-12-11-23(13-19(25)2)37-22-9-6-7-20(14-22)16-30/h4-15,17H,3,18,31H2,1-2H3. The molecule has 8 heteroatoms. The van der Waals surface area contributed by atoms with E-state index in [9.17, 15) is 4.79 Å². The van der Waals surface area contributed by atoms with E-state index in [1.807, 2.05) is 60.9 Å². The second kappa shape index (κ2) is 10.0. The molecule has 0 saturated heterocycles. The Bertz CT molecular complexity index is 1660. The molecule has 2 aromatic heterocycles. The van der Waals surface area contributed by atoms with Crippen molar-refractivity contribution in [2.45, 2.75) is 20.6 Å². The molecule has 0 fully saturated rings. The number of hydrogen-bond acceptors (Lipinski definition) is 6. The molecule has 0 spiro atoms. The zero-order valence-electron chi connectivity index (χ0n) is 20.5. The van der Waals surface area contributed by atoms with E-state index < -0.39 is 0 Å². The third kappa shape index (κ3) is 4.56. The molecular formula is C29H25N5O3. The summed E-state index contributed by atoms with van der Waals surface area (Å²) < 4.78 is 15.0. The van der Waals surface area contributed by atoms with Gasteiger partial charge in [-0.2, -0.15) is 10.4 Å². The number of hydrogen-bond donors (Lipinski definition) is 1. The highest BCUT2D eigenvalue weighted by atomic mass is 16.5. The highest BCUT2D eigenvalue weighted by molar-refractivity contribution is 6.13. The van der Waals surface area contributed by atoms with E-state index in [-0.39, 0.29) is 18.3 Å². The van der Waals surface area contributed by atoms with Crippen LogP contribution in [-0.4, -0.2) is 26.7 Å². The first-order valence-corrected chi connectivity index (χ1v) is 11.8. The summed E-state index contributed by atoms with van der Waals surface area (Å²) in [4.78, 5) is 13.6. The van der Waals surface area contributed by atoms with Crippen LogP contribution in [0.5, 0.6) is 11.5 Å². The van der Waals surface area contributed by atoms with Crippen LogP contribution in [0.15, 0.2) is 79.0 Å². The molecule has 0 saturated carbocycles. The van der Waals surface area contributed by atoms with E-state index >= 15 is 0 Å². The largest absolute Gasteiger partial charge is 0.457 e. The van der Waals surface area contributed by atoms with E-state index in [1.54, 1.807) is 35.0 Å². The van der Waals surface area contributed by atoms with E-state index in [1.165, 1.54) is 6.20 Å². The molecule has 5 rings (SSSR count). The van der Waals surface area contributed by atoms with Gasteiger partial charge in [0.05, 0.1) is 40.3 Å². The zero-order chi connectivity index (χ0) is 25.9. The summed E-state index contributed by atoms with van der Waals surface area (Å²) in [6.07, 6.45) is 1.50. The Morgan fingerprint density at radius 2 is 1.86 bits per heavy atom. The number of aryl methyl sites for hydroxylation is 1. The van der Waals surface area contributed by atoms with Gasteiger partial charge >= 0.3 is 0 Å². The van der Waals surface area contributed by atoms with E-state index in [0.29, 0.717) is 34.9 Å². The van der Waals surface area contributed by atoms with Gasteiger partial charge in [0, 0.05) is 12.0 Å². The van der Waals surface area contributed by atoms with Gasteiger partial charge in [-0.25, -0.2) is 4.68 Å². The lowest BCUT2D eigenvalue weighted by Crippen LogP contribution is -2.13. The van der Waals surface area contributed by atoms with Gasteiger partial charge in [0.15, 0.2) is 0 Å². The number of carbonyl (C=O) groups is 1. The molecule has 8 nitrogen and oxygen atoms in total. The van der Waals surface area contributed by atoms with Crippen LogP contribution in [0, 0.1) is 18.3 Å². The van der Waals surface area contributed by atoms with Crippen molar-refractivity contribution in [3.63, 3.8) is 0 Å². The lowest BCUT2D eigenvalue weighted by atomic mass is 10.1. The predicted octanol–water partition coefficient (Wildman–Crippen LogP) is 5.61. The molecule has 37 heavy (non-hydrogen) atoms. The van der Waals surface area contributed by atoms with Gasteiger partial charge in [-0.3, -0.25) is 4.79 Å². The second-order valence-electron chi connectivity index (χ2n) is 8.51. The number of nitrogens with two attached hydrogens (primary N) is 1. The summed E-state index contributed by atoms with van der Waals surface area (Å²) in [5, 5.41) is 14.5. The first-order valence-electron chi connectivity index (χ1n) is 11.8. The summed E-state index contributed by atoms with van der Waals surface area (Å²) >= 11 is 0. The highest BCUT2D eigenvalue weighted by Gasteiger charge is 2.23. The second-order valence-corrected chi connectivity index (χ2v) is 8.51. The molecular weight excluding hydrogens is 466 g/mol.